The fourth-order valence-corrected chi connectivity index (χ4v) is 1.27. The molecular weight excluding hydrogens is 167 g/mol. The molecule has 1 N–H and O–H groups in total. The van der Waals surface area contributed by atoms with Gasteiger partial charge < -0.3 is 5.11 Å². The third-order valence-corrected chi connectivity index (χ3v) is 2.06. The van der Waals surface area contributed by atoms with Gasteiger partial charge in [-0.3, -0.25) is 0 Å². The Kier molecular flexibility index (Phi) is 3.20. The maximum atomic E-state index is 13.0. The molecule has 0 heterocycles. The number of aliphatic hydroxyl groups is 1. The molecule has 0 aromatic heterocycles. The molecule has 1 atom stereocenters. The lowest BCUT2D eigenvalue weighted by atomic mass is 10.0. The van der Waals surface area contributed by atoms with Gasteiger partial charge in [-0.2, -0.15) is 0 Å². The van der Waals surface area contributed by atoms with Crippen molar-refractivity contribution in [3.63, 3.8) is 0 Å². The maximum Gasteiger partial charge on any atom is 0.126 e. The van der Waals surface area contributed by atoms with Crippen LogP contribution in [0.4, 0.5) is 4.39 Å². The minimum absolute atomic E-state index is 0.277. The maximum absolute atomic E-state index is 13.0. The van der Waals surface area contributed by atoms with Gasteiger partial charge in [-0.1, -0.05) is 18.2 Å². The molecule has 2 heteroatoms. The van der Waals surface area contributed by atoms with Crippen LogP contribution in [0.25, 0.3) is 0 Å². The third kappa shape index (κ3) is 2.16. The van der Waals surface area contributed by atoms with Gasteiger partial charge >= 0.3 is 0 Å². The predicted octanol–water partition coefficient (Wildman–Crippen LogP) is 2.74. The zero-order valence-electron chi connectivity index (χ0n) is 7.63. The van der Waals surface area contributed by atoms with E-state index in [4.69, 9.17) is 0 Å². The van der Waals surface area contributed by atoms with Crippen LogP contribution in [0.5, 0.6) is 0 Å². The van der Waals surface area contributed by atoms with Crippen LogP contribution < -0.4 is 0 Å². The number of benzene rings is 1. The first kappa shape index (κ1) is 9.93. The second-order valence-corrected chi connectivity index (χ2v) is 2.99. The Hall–Kier alpha value is -1.15. The van der Waals surface area contributed by atoms with Crippen LogP contribution in [0, 0.1) is 12.7 Å². The number of hydrogen-bond donors (Lipinski definition) is 1. The van der Waals surface area contributed by atoms with Crippen LogP contribution >= 0.6 is 0 Å². The first-order chi connectivity index (χ1) is 6.16. The molecule has 0 unspecified atom stereocenters. The lowest BCUT2D eigenvalue weighted by Gasteiger charge is -2.11. The SMILES string of the molecule is C=CC[C@H](O)c1cccc(F)c1C. The van der Waals surface area contributed by atoms with Gasteiger partial charge in [0.25, 0.3) is 0 Å². The minimum atomic E-state index is -0.645. The molecule has 13 heavy (non-hydrogen) atoms. The van der Waals surface area contributed by atoms with Crippen molar-refractivity contribution in [3.8, 4) is 0 Å². The highest BCUT2D eigenvalue weighted by molar-refractivity contribution is 5.29. The summed E-state index contributed by atoms with van der Waals surface area (Å²) in [6.45, 7) is 5.19. The van der Waals surface area contributed by atoms with E-state index in [1.165, 1.54) is 6.07 Å². The van der Waals surface area contributed by atoms with Gasteiger partial charge in [-0.15, -0.1) is 6.58 Å². The summed E-state index contributed by atoms with van der Waals surface area (Å²) in [6, 6.07) is 4.72. The molecule has 0 aliphatic heterocycles. The average molecular weight is 180 g/mol. The Morgan fingerprint density at radius 3 is 2.92 bits per heavy atom. The molecule has 1 nitrogen and oxygen atoms in total. The van der Waals surface area contributed by atoms with E-state index in [1.54, 1.807) is 25.1 Å². The molecular formula is C11H13FO. The Morgan fingerprint density at radius 2 is 2.31 bits per heavy atom. The van der Waals surface area contributed by atoms with Crippen molar-refractivity contribution >= 4 is 0 Å². The van der Waals surface area contributed by atoms with Gasteiger partial charge in [0.1, 0.15) is 5.82 Å². The highest BCUT2D eigenvalue weighted by Gasteiger charge is 2.10. The first-order valence-electron chi connectivity index (χ1n) is 4.20. The van der Waals surface area contributed by atoms with Crippen molar-refractivity contribution in [1.82, 2.24) is 0 Å². The van der Waals surface area contributed by atoms with Crippen molar-refractivity contribution in [1.29, 1.82) is 0 Å². The summed E-state index contributed by atoms with van der Waals surface area (Å²) >= 11 is 0. The van der Waals surface area contributed by atoms with Gasteiger partial charge in [0.2, 0.25) is 0 Å². The molecule has 0 saturated heterocycles. The Balaban J connectivity index is 3.00. The van der Waals surface area contributed by atoms with E-state index >= 15 is 0 Å². The van der Waals surface area contributed by atoms with Crippen LogP contribution in [0.1, 0.15) is 23.7 Å². The van der Waals surface area contributed by atoms with Crippen molar-refractivity contribution in [2.75, 3.05) is 0 Å². The quantitative estimate of drug-likeness (QED) is 0.709. The Bertz CT molecular complexity index is 307. The number of aliphatic hydroxyl groups excluding tert-OH is 1. The first-order valence-corrected chi connectivity index (χ1v) is 4.20. The number of hydrogen-bond acceptors (Lipinski definition) is 1. The summed E-state index contributed by atoms with van der Waals surface area (Å²) < 4.78 is 13.0. The van der Waals surface area contributed by atoms with Gasteiger partial charge in [-0.25, -0.2) is 4.39 Å². The number of rotatable bonds is 3. The van der Waals surface area contributed by atoms with Crippen molar-refractivity contribution in [3.05, 3.63) is 47.8 Å². The summed E-state index contributed by atoms with van der Waals surface area (Å²) in [5, 5.41) is 9.59. The second kappa shape index (κ2) is 4.19. The van der Waals surface area contributed by atoms with Crippen LogP contribution in [0.2, 0.25) is 0 Å². The van der Waals surface area contributed by atoms with Crippen molar-refractivity contribution in [2.24, 2.45) is 0 Å². The van der Waals surface area contributed by atoms with E-state index < -0.39 is 6.10 Å². The lowest BCUT2D eigenvalue weighted by Crippen LogP contribution is -2.00. The molecule has 0 amide bonds. The van der Waals surface area contributed by atoms with Gasteiger partial charge in [0, 0.05) is 0 Å². The van der Waals surface area contributed by atoms with E-state index in [-0.39, 0.29) is 5.82 Å². The standard InChI is InChI=1S/C11H13FO/c1-3-5-11(13)9-6-4-7-10(12)8(9)2/h3-4,6-7,11,13H,1,5H2,2H3/t11-/m0/s1. The Labute approximate surface area is 77.5 Å². The Morgan fingerprint density at radius 1 is 1.62 bits per heavy atom. The molecule has 70 valence electrons. The molecule has 0 bridgehead atoms. The monoisotopic (exact) mass is 180 g/mol. The van der Waals surface area contributed by atoms with Crippen molar-refractivity contribution < 1.29 is 9.50 Å². The minimum Gasteiger partial charge on any atom is -0.388 e. The molecule has 1 aromatic rings. The van der Waals surface area contributed by atoms with E-state index in [0.717, 1.165) is 0 Å². The molecule has 0 radical (unpaired) electrons. The summed E-state index contributed by atoms with van der Waals surface area (Å²) in [5.74, 6) is -0.277. The molecule has 1 aromatic carbocycles. The topological polar surface area (TPSA) is 20.2 Å². The van der Waals surface area contributed by atoms with E-state index in [0.29, 0.717) is 17.5 Å². The summed E-state index contributed by atoms with van der Waals surface area (Å²) in [7, 11) is 0. The van der Waals surface area contributed by atoms with E-state index in [1.807, 2.05) is 0 Å². The third-order valence-electron chi connectivity index (χ3n) is 2.06. The molecule has 0 aliphatic rings. The summed E-state index contributed by atoms with van der Waals surface area (Å²) in [4.78, 5) is 0. The van der Waals surface area contributed by atoms with Crippen LogP contribution in [0.3, 0.4) is 0 Å². The molecule has 0 saturated carbocycles. The van der Waals surface area contributed by atoms with Crippen LogP contribution in [-0.2, 0) is 0 Å². The highest BCUT2D eigenvalue weighted by atomic mass is 19.1. The van der Waals surface area contributed by atoms with Crippen LogP contribution in [-0.4, -0.2) is 5.11 Å². The zero-order valence-corrected chi connectivity index (χ0v) is 7.63. The molecule has 1 rings (SSSR count). The van der Waals surface area contributed by atoms with Gasteiger partial charge in [0.15, 0.2) is 0 Å². The average Bonchev–Trinajstić information content (AvgIpc) is 2.10. The number of halogens is 1. The largest absolute Gasteiger partial charge is 0.388 e. The van der Waals surface area contributed by atoms with E-state index in [2.05, 4.69) is 6.58 Å². The van der Waals surface area contributed by atoms with Crippen LogP contribution in [0.15, 0.2) is 30.9 Å². The van der Waals surface area contributed by atoms with Gasteiger partial charge in [0.05, 0.1) is 6.10 Å². The lowest BCUT2D eigenvalue weighted by molar-refractivity contribution is 0.180. The zero-order chi connectivity index (χ0) is 9.84. The highest BCUT2D eigenvalue weighted by Crippen LogP contribution is 2.22. The summed E-state index contributed by atoms with van der Waals surface area (Å²) in [6.07, 6.45) is 1.42. The normalized spacial score (nSPS) is 12.5. The fraction of sp³-hybridized carbons (Fsp3) is 0.273. The molecule has 0 aliphatic carbocycles. The second-order valence-electron chi connectivity index (χ2n) is 2.99. The smallest absolute Gasteiger partial charge is 0.126 e. The van der Waals surface area contributed by atoms with Gasteiger partial charge in [-0.05, 0) is 30.5 Å². The predicted molar refractivity (Wildman–Crippen MR) is 50.9 cm³/mol. The van der Waals surface area contributed by atoms with Crippen molar-refractivity contribution in [2.45, 2.75) is 19.4 Å². The molecule has 0 spiro atoms. The van der Waals surface area contributed by atoms with E-state index in [9.17, 15) is 9.50 Å². The molecule has 0 fully saturated rings. The summed E-state index contributed by atoms with van der Waals surface area (Å²) in [5.41, 5.74) is 1.15. The fourth-order valence-electron chi connectivity index (χ4n) is 1.27.